The molecule has 0 aromatic heterocycles. The smallest absolute Gasteiger partial charge is 0.282 e. The van der Waals surface area contributed by atoms with E-state index in [2.05, 4.69) is 5.32 Å². The van der Waals surface area contributed by atoms with Crippen LogP contribution >= 0.6 is 11.6 Å². The molecule has 33 heavy (non-hydrogen) atoms. The third kappa shape index (κ3) is 4.00. The van der Waals surface area contributed by atoms with Crippen LogP contribution in [0.25, 0.3) is 5.57 Å². The maximum absolute atomic E-state index is 13.7. The summed E-state index contributed by atoms with van der Waals surface area (Å²) < 4.78 is 5.44. The first kappa shape index (κ1) is 22.6. The number of hydrogen-bond acceptors (Lipinski definition) is 4. The van der Waals surface area contributed by atoms with Gasteiger partial charge in [0.05, 0.1) is 24.1 Å². The molecule has 1 N–H and O–H groups in total. The molecule has 168 valence electrons. The summed E-state index contributed by atoms with van der Waals surface area (Å²) in [6.45, 7) is 7.85. The molecule has 5 nitrogen and oxygen atoms in total. The van der Waals surface area contributed by atoms with E-state index in [1.54, 1.807) is 24.3 Å². The van der Waals surface area contributed by atoms with Gasteiger partial charge < -0.3 is 10.1 Å². The fourth-order valence-electron chi connectivity index (χ4n) is 3.92. The van der Waals surface area contributed by atoms with Gasteiger partial charge in [-0.15, -0.1) is 0 Å². The Morgan fingerprint density at radius 1 is 0.848 bits per heavy atom. The summed E-state index contributed by atoms with van der Waals surface area (Å²) in [5.41, 5.74) is 6.26. The van der Waals surface area contributed by atoms with Gasteiger partial charge in [0.15, 0.2) is 0 Å². The highest BCUT2D eigenvalue weighted by atomic mass is 35.5. The van der Waals surface area contributed by atoms with Crippen LogP contribution in [0.3, 0.4) is 0 Å². The average molecular weight is 461 g/mol. The van der Waals surface area contributed by atoms with E-state index in [0.29, 0.717) is 33.3 Å². The number of ether oxygens (including phenoxy) is 1. The molecule has 0 fully saturated rings. The van der Waals surface area contributed by atoms with Gasteiger partial charge in [0, 0.05) is 5.02 Å². The van der Waals surface area contributed by atoms with E-state index in [4.69, 9.17) is 16.3 Å². The number of nitrogens with zero attached hydrogens (tertiary/aromatic N) is 1. The van der Waals surface area contributed by atoms with Gasteiger partial charge in [-0.05, 0) is 79.8 Å². The minimum absolute atomic E-state index is 0.185. The zero-order chi connectivity index (χ0) is 23.9. The van der Waals surface area contributed by atoms with Gasteiger partial charge in [-0.1, -0.05) is 41.9 Å². The molecule has 2 amide bonds. The van der Waals surface area contributed by atoms with Crippen molar-refractivity contribution in [1.82, 2.24) is 0 Å². The van der Waals surface area contributed by atoms with E-state index in [1.807, 2.05) is 58.0 Å². The number of aryl methyl sites for hydroxylation is 3. The molecule has 1 aliphatic heterocycles. The third-order valence-electron chi connectivity index (χ3n) is 6.12. The van der Waals surface area contributed by atoms with Gasteiger partial charge in [0.2, 0.25) is 0 Å². The summed E-state index contributed by atoms with van der Waals surface area (Å²) in [5.74, 6) is -0.291. The minimum Gasteiger partial charge on any atom is -0.495 e. The summed E-state index contributed by atoms with van der Waals surface area (Å²) in [7, 11) is 1.54. The van der Waals surface area contributed by atoms with Crippen LogP contribution in [0.5, 0.6) is 5.75 Å². The zero-order valence-corrected chi connectivity index (χ0v) is 20.0. The number of carbonyl (C=O) groups excluding carboxylic acids is 2. The van der Waals surface area contributed by atoms with E-state index in [-0.39, 0.29) is 11.6 Å². The quantitative estimate of drug-likeness (QED) is 0.476. The summed E-state index contributed by atoms with van der Waals surface area (Å²) >= 11 is 6.20. The van der Waals surface area contributed by atoms with Crippen LogP contribution in [0, 0.1) is 27.7 Å². The minimum atomic E-state index is -0.427. The third-order valence-corrected chi connectivity index (χ3v) is 6.35. The number of carbonyl (C=O) groups is 2. The second kappa shape index (κ2) is 8.75. The maximum atomic E-state index is 13.7. The number of amides is 2. The van der Waals surface area contributed by atoms with Crippen molar-refractivity contribution in [2.75, 3.05) is 17.3 Å². The van der Waals surface area contributed by atoms with Crippen LogP contribution in [0.1, 0.15) is 27.8 Å². The number of nitrogens with one attached hydrogen (secondary N) is 1. The standard InChI is InChI=1S/C27H25ClN2O3/c1-15-9-10-19(13-17(15)3)24-25(29-21-14-20(28)11-12-23(21)33-5)27(32)30(26(24)31)22-8-6-7-16(2)18(22)4/h6-14,29H,1-5H3. The second-order valence-corrected chi connectivity index (χ2v) is 8.62. The van der Waals surface area contributed by atoms with Gasteiger partial charge in [0.1, 0.15) is 11.4 Å². The number of anilines is 2. The van der Waals surface area contributed by atoms with Crippen molar-refractivity contribution in [1.29, 1.82) is 0 Å². The lowest BCUT2D eigenvalue weighted by atomic mass is 9.99. The summed E-state index contributed by atoms with van der Waals surface area (Å²) in [5, 5.41) is 3.64. The van der Waals surface area contributed by atoms with Crippen molar-refractivity contribution in [3.05, 3.63) is 93.1 Å². The monoisotopic (exact) mass is 460 g/mol. The maximum Gasteiger partial charge on any atom is 0.282 e. The lowest BCUT2D eigenvalue weighted by Crippen LogP contribution is -2.33. The van der Waals surface area contributed by atoms with E-state index in [1.165, 1.54) is 12.0 Å². The predicted molar refractivity (Wildman–Crippen MR) is 133 cm³/mol. The van der Waals surface area contributed by atoms with Gasteiger partial charge in [-0.3, -0.25) is 9.59 Å². The molecule has 0 aliphatic carbocycles. The molecule has 0 spiro atoms. The molecule has 0 unspecified atom stereocenters. The first-order valence-corrected chi connectivity index (χ1v) is 11.0. The Labute approximate surface area is 198 Å². The molecule has 0 bridgehead atoms. The number of halogens is 1. The lowest BCUT2D eigenvalue weighted by Gasteiger charge is -2.19. The SMILES string of the molecule is COc1ccc(Cl)cc1NC1=C(c2ccc(C)c(C)c2)C(=O)N(c2cccc(C)c2C)C1=O. The van der Waals surface area contributed by atoms with E-state index < -0.39 is 5.91 Å². The van der Waals surface area contributed by atoms with Crippen molar-refractivity contribution in [3.8, 4) is 5.75 Å². The highest BCUT2D eigenvalue weighted by molar-refractivity contribution is 6.46. The average Bonchev–Trinajstić information content (AvgIpc) is 3.02. The molecule has 3 aromatic rings. The molecule has 0 radical (unpaired) electrons. The van der Waals surface area contributed by atoms with Gasteiger partial charge >= 0.3 is 0 Å². The van der Waals surface area contributed by atoms with Crippen LogP contribution in [0.2, 0.25) is 5.02 Å². The Morgan fingerprint density at radius 2 is 1.61 bits per heavy atom. The molecule has 3 aromatic carbocycles. The zero-order valence-electron chi connectivity index (χ0n) is 19.2. The fourth-order valence-corrected chi connectivity index (χ4v) is 4.09. The van der Waals surface area contributed by atoms with Gasteiger partial charge in [-0.2, -0.15) is 0 Å². The molecule has 1 heterocycles. The lowest BCUT2D eigenvalue weighted by molar-refractivity contribution is -0.120. The predicted octanol–water partition coefficient (Wildman–Crippen LogP) is 5.98. The van der Waals surface area contributed by atoms with Crippen LogP contribution in [-0.2, 0) is 9.59 Å². The summed E-state index contributed by atoms with van der Waals surface area (Å²) in [6.07, 6.45) is 0. The second-order valence-electron chi connectivity index (χ2n) is 8.18. The Kier molecular flexibility index (Phi) is 6.00. The topological polar surface area (TPSA) is 58.6 Å². The number of imide groups is 1. The Morgan fingerprint density at radius 3 is 2.30 bits per heavy atom. The number of methoxy groups -OCH3 is 1. The fraction of sp³-hybridized carbons (Fsp3) is 0.185. The summed E-state index contributed by atoms with van der Waals surface area (Å²) in [6, 6.07) is 16.4. The molecule has 6 heteroatoms. The normalized spacial score (nSPS) is 13.7. The van der Waals surface area contributed by atoms with E-state index >= 15 is 0 Å². The highest BCUT2D eigenvalue weighted by Crippen LogP contribution is 2.38. The Bertz CT molecular complexity index is 1330. The molecule has 0 saturated heterocycles. The molecule has 0 saturated carbocycles. The van der Waals surface area contributed by atoms with Crippen molar-refractivity contribution < 1.29 is 14.3 Å². The van der Waals surface area contributed by atoms with Crippen LogP contribution in [0.15, 0.2) is 60.3 Å². The Hall–Kier alpha value is -3.57. The van der Waals surface area contributed by atoms with Crippen LogP contribution in [0.4, 0.5) is 11.4 Å². The summed E-state index contributed by atoms with van der Waals surface area (Å²) in [4.78, 5) is 28.7. The molecule has 4 rings (SSSR count). The number of benzene rings is 3. The van der Waals surface area contributed by atoms with E-state index in [0.717, 1.165) is 22.3 Å². The van der Waals surface area contributed by atoms with Crippen molar-refractivity contribution in [2.45, 2.75) is 27.7 Å². The van der Waals surface area contributed by atoms with Crippen molar-refractivity contribution in [3.63, 3.8) is 0 Å². The number of hydrogen-bond donors (Lipinski definition) is 1. The molecule has 0 atom stereocenters. The van der Waals surface area contributed by atoms with Gasteiger partial charge in [0.25, 0.3) is 11.8 Å². The van der Waals surface area contributed by atoms with E-state index in [9.17, 15) is 9.59 Å². The largest absolute Gasteiger partial charge is 0.495 e. The first-order valence-electron chi connectivity index (χ1n) is 10.6. The Balaban J connectivity index is 1.91. The van der Waals surface area contributed by atoms with Crippen LogP contribution < -0.4 is 15.0 Å². The first-order chi connectivity index (χ1) is 15.7. The van der Waals surface area contributed by atoms with Gasteiger partial charge in [-0.25, -0.2) is 4.90 Å². The highest BCUT2D eigenvalue weighted by Gasteiger charge is 2.41. The van der Waals surface area contributed by atoms with Crippen molar-refractivity contribution in [2.24, 2.45) is 0 Å². The number of rotatable bonds is 5. The molecular formula is C27H25ClN2O3. The van der Waals surface area contributed by atoms with Crippen molar-refractivity contribution >= 4 is 40.4 Å². The van der Waals surface area contributed by atoms with Crippen LogP contribution in [-0.4, -0.2) is 18.9 Å². The molecular weight excluding hydrogens is 436 g/mol. The molecule has 1 aliphatic rings.